The van der Waals surface area contributed by atoms with Crippen LogP contribution in [0.5, 0.6) is 5.75 Å². The summed E-state index contributed by atoms with van der Waals surface area (Å²) >= 11 is 9.35. The topological polar surface area (TPSA) is 26.3 Å². The number of esters is 1. The van der Waals surface area contributed by atoms with Crippen LogP contribution in [0.2, 0.25) is 5.02 Å². The van der Waals surface area contributed by atoms with Crippen molar-refractivity contribution in [3.8, 4) is 16.9 Å². The van der Waals surface area contributed by atoms with Gasteiger partial charge in [0.15, 0.2) is 0 Å². The van der Waals surface area contributed by atoms with E-state index < -0.39 is 5.97 Å². The number of carbonyl (C=O) groups excluding carboxylic acids is 1. The predicted octanol–water partition coefficient (Wildman–Crippen LogP) is 5.99. The zero-order valence-corrected chi connectivity index (χ0v) is 14.3. The minimum atomic E-state index is -0.444. The molecule has 114 valence electrons. The number of benzene rings is 3. The third-order valence-electron chi connectivity index (χ3n) is 3.30. The van der Waals surface area contributed by atoms with Gasteiger partial charge in [0, 0.05) is 5.02 Å². The first-order chi connectivity index (χ1) is 11.1. The van der Waals surface area contributed by atoms with E-state index in [-0.39, 0.29) is 0 Å². The summed E-state index contributed by atoms with van der Waals surface area (Å²) < 4.78 is 6.15. The Morgan fingerprint density at radius 3 is 2.35 bits per heavy atom. The molecule has 0 heterocycles. The standard InChI is InChI=1S/C19H12BrClO2/c20-17-12-14(13-5-2-1-3-6-13)9-10-18(17)23-19(22)15-7-4-8-16(21)11-15/h1-12H. The van der Waals surface area contributed by atoms with Crippen LogP contribution in [-0.2, 0) is 0 Å². The summed E-state index contributed by atoms with van der Waals surface area (Å²) in [5.74, 6) is 0.0234. The molecule has 0 unspecified atom stereocenters. The summed E-state index contributed by atoms with van der Waals surface area (Å²) in [4.78, 5) is 12.2. The van der Waals surface area contributed by atoms with Gasteiger partial charge in [-0.3, -0.25) is 0 Å². The van der Waals surface area contributed by atoms with E-state index in [0.29, 0.717) is 20.8 Å². The summed E-state index contributed by atoms with van der Waals surface area (Å²) in [7, 11) is 0. The van der Waals surface area contributed by atoms with E-state index in [1.165, 1.54) is 0 Å². The SMILES string of the molecule is O=C(Oc1ccc(-c2ccccc2)cc1Br)c1cccc(Cl)c1. The number of carbonyl (C=O) groups is 1. The van der Waals surface area contributed by atoms with Crippen molar-refractivity contribution in [2.75, 3.05) is 0 Å². The molecule has 0 aliphatic heterocycles. The van der Waals surface area contributed by atoms with E-state index in [2.05, 4.69) is 15.9 Å². The maximum atomic E-state index is 12.2. The molecule has 3 aromatic carbocycles. The molecule has 0 aliphatic rings. The van der Waals surface area contributed by atoms with Crippen molar-refractivity contribution in [3.63, 3.8) is 0 Å². The molecule has 2 nitrogen and oxygen atoms in total. The smallest absolute Gasteiger partial charge is 0.343 e. The molecule has 3 rings (SSSR count). The Labute approximate surface area is 147 Å². The number of rotatable bonds is 3. The molecule has 4 heteroatoms. The first kappa shape index (κ1) is 15.8. The normalized spacial score (nSPS) is 10.3. The minimum Gasteiger partial charge on any atom is -0.422 e. The van der Waals surface area contributed by atoms with Gasteiger partial charge in [-0.15, -0.1) is 0 Å². The van der Waals surface area contributed by atoms with Crippen LogP contribution in [0.25, 0.3) is 11.1 Å². The van der Waals surface area contributed by atoms with E-state index in [1.807, 2.05) is 42.5 Å². The summed E-state index contributed by atoms with van der Waals surface area (Å²) in [6, 6.07) is 22.3. The van der Waals surface area contributed by atoms with Crippen LogP contribution in [0.3, 0.4) is 0 Å². The van der Waals surface area contributed by atoms with E-state index in [4.69, 9.17) is 16.3 Å². The molecule has 0 saturated carbocycles. The van der Waals surface area contributed by atoms with Gasteiger partial charge in [-0.1, -0.05) is 54.1 Å². The van der Waals surface area contributed by atoms with Crippen molar-refractivity contribution in [1.29, 1.82) is 0 Å². The number of halogens is 2. The van der Waals surface area contributed by atoms with Gasteiger partial charge >= 0.3 is 5.97 Å². The van der Waals surface area contributed by atoms with Crippen LogP contribution >= 0.6 is 27.5 Å². The van der Waals surface area contributed by atoms with Gasteiger partial charge in [0.2, 0.25) is 0 Å². The maximum absolute atomic E-state index is 12.2. The Hall–Kier alpha value is -2.10. The molecular formula is C19H12BrClO2. The van der Waals surface area contributed by atoms with Crippen molar-refractivity contribution in [1.82, 2.24) is 0 Å². The molecule has 0 radical (unpaired) electrons. The summed E-state index contributed by atoms with van der Waals surface area (Å²) in [5.41, 5.74) is 2.55. The van der Waals surface area contributed by atoms with Gasteiger partial charge in [0.05, 0.1) is 10.0 Å². The van der Waals surface area contributed by atoms with E-state index >= 15 is 0 Å². The Morgan fingerprint density at radius 2 is 1.65 bits per heavy atom. The Balaban J connectivity index is 1.83. The highest BCUT2D eigenvalue weighted by Gasteiger charge is 2.12. The van der Waals surface area contributed by atoms with Crippen LogP contribution in [0, 0.1) is 0 Å². The molecule has 0 fully saturated rings. The van der Waals surface area contributed by atoms with Gasteiger partial charge in [-0.05, 0) is 57.4 Å². The molecule has 3 aromatic rings. The molecule has 0 atom stereocenters. The molecule has 0 saturated heterocycles. The third-order valence-corrected chi connectivity index (χ3v) is 4.16. The summed E-state index contributed by atoms with van der Waals surface area (Å²) in [6.45, 7) is 0. The molecule has 0 bridgehead atoms. The third kappa shape index (κ3) is 3.81. The fraction of sp³-hybridized carbons (Fsp3) is 0. The van der Waals surface area contributed by atoms with Gasteiger partial charge in [-0.2, -0.15) is 0 Å². The van der Waals surface area contributed by atoms with E-state index in [9.17, 15) is 4.79 Å². The van der Waals surface area contributed by atoms with Crippen molar-refractivity contribution in [3.05, 3.63) is 87.9 Å². The van der Waals surface area contributed by atoms with Gasteiger partial charge < -0.3 is 4.74 Å². The number of ether oxygens (including phenoxy) is 1. The zero-order chi connectivity index (χ0) is 16.2. The van der Waals surface area contributed by atoms with Crippen molar-refractivity contribution >= 4 is 33.5 Å². The number of hydrogen-bond donors (Lipinski definition) is 0. The molecule has 0 amide bonds. The quantitative estimate of drug-likeness (QED) is 0.407. The zero-order valence-electron chi connectivity index (χ0n) is 12.0. The summed E-state index contributed by atoms with van der Waals surface area (Å²) in [5, 5.41) is 0.498. The fourth-order valence-corrected chi connectivity index (χ4v) is 2.82. The first-order valence-corrected chi connectivity index (χ1v) is 8.13. The highest BCUT2D eigenvalue weighted by Crippen LogP contribution is 2.31. The Kier molecular flexibility index (Phi) is 4.79. The molecular weight excluding hydrogens is 376 g/mol. The first-order valence-electron chi connectivity index (χ1n) is 6.96. The average Bonchev–Trinajstić information content (AvgIpc) is 2.57. The van der Waals surface area contributed by atoms with Gasteiger partial charge in [0.1, 0.15) is 5.75 Å². The van der Waals surface area contributed by atoms with Crippen LogP contribution in [-0.4, -0.2) is 5.97 Å². The van der Waals surface area contributed by atoms with Crippen molar-refractivity contribution < 1.29 is 9.53 Å². The largest absolute Gasteiger partial charge is 0.422 e. The highest BCUT2D eigenvalue weighted by molar-refractivity contribution is 9.10. The van der Waals surface area contributed by atoms with Crippen molar-refractivity contribution in [2.45, 2.75) is 0 Å². The van der Waals surface area contributed by atoms with Crippen LogP contribution in [0.1, 0.15) is 10.4 Å². The second-order valence-electron chi connectivity index (χ2n) is 4.91. The van der Waals surface area contributed by atoms with Crippen LogP contribution in [0.4, 0.5) is 0 Å². The Morgan fingerprint density at radius 1 is 0.870 bits per heavy atom. The molecule has 0 aromatic heterocycles. The molecule has 0 aliphatic carbocycles. The lowest BCUT2D eigenvalue weighted by atomic mass is 10.1. The van der Waals surface area contributed by atoms with E-state index in [0.717, 1.165) is 11.1 Å². The van der Waals surface area contributed by atoms with Gasteiger partial charge in [-0.25, -0.2) is 4.79 Å². The Bertz CT molecular complexity index is 847. The monoisotopic (exact) mass is 386 g/mol. The minimum absolute atomic E-state index is 0.413. The second-order valence-corrected chi connectivity index (χ2v) is 6.20. The summed E-state index contributed by atoms with van der Waals surface area (Å²) in [6.07, 6.45) is 0. The lowest BCUT2D eigenvalue weighted by Crippen LogP contribution is -2.08. The number of hydrogen-bond acceptors (Lipinski definition) is 2. The predicted molar refractivity (Wildman–Crippen MR) is 96.0 cm³/mol. The maximum Gasteiger partial charge on any atom is 0.343 e. The molecule has 0 N–H and O–H groups in total. The van der Waals surface area contributed by atoms with E-state index in [1.54, 1.807) is 30.3 Å². The lowest BCUT2D eigenvalue weighted by Gasteiger charge is -2.09. The second kappa shape index (κ2) is 6.99. The van der Waals surface area contributed by atoms with Crippen LogP contribution < -0.4 is 4.74 Å². The van der Waals surface area contributed by atoms with Crippen LogP contribution in [0.15, 0.2) is 77.3 Å². The fourth-order valence-electron chi connectivity index (χ4n) is 2.17. The average molecular weight is 388 g/mol. The lowest BCUT2D eigenvalue weighted by molar-refractivity contribution is 0.0733. The highest BCUT2D eigenvalue weighted by atomic mass is 79.9. The molecule has 0 spiro atoms. The van der Waals surface area contributed by atoms with Gasteiger partial charge in [0.25, 0.3) is 0 Å². The molecule has 23 heavy (non-hydrogen) atoms. The van der Waals surface area contributed by atoms with Crippen molar-refractivity contribution in [2.24, 2.45) is 0 Å².